The molecule has 3 nitrogen and oxygen atoms in total. The monoisotopic (exact) mass is 685 g/mol. The van der Waals surface area contributed by atoms with E-state index in [4.69, 9.17) is 0 Å². The first-order chi connectivity index (χ1) is 26.1. The summed E-state index contributed by atoms with van der Waals surface area (Å²) in [6, 6.07) is 34.7. The number of para-hydroxylation sites is 2. The van der Waals surface area contributed by atoms with Crippen molar-refractivity contribution in [3.05, 3.63) is 172 Å². The van der Waals surface area contributed by atoms with E-state index in [1.807, 2.05) is 0 Å². The fourth-order valence-electron chi connectivity index (χ4n) is 9.98. The largest absolute Gasteiger partial charge is 0.323 e. The Balaban J connectivity index is 1.08. The van der Waals surface area contributed by atoms with E-state index in [2.05, 4.69) is 174 Å². The zero-order chi connectivity index (χ0) is 35.2. The molecule has 0 spiro atoms. The van der Waals surface area contributed by atoms with Gasteiger partial charge in [0.2, 0.25) is 0 Å². The Hall–Kier alpha value is -5.64. The lowest BCUT2D eigenvalue weighted by atomic mass is 9.69. The van der Waals surface area contributed by atoms with Crippen LogP contribution in [-0.2, 0) is 12.8 Å². The molecule has 4 aliphatic rings. The van der Waals surface area contributed by atoms with Gasteiger partial charge in [-0.2, -0.15) is 0 Å². The van der Waals surface area contributed by atoms with Crippen LogP contribution >= 0.6 is 0 Å². The summed E-state index contributed by atoms with van der Waals surface area (Å²) in [5, 5.41) is 9.19. The highest BCUT2D eigenvalue weighted by Gasteiger charge is 2.33. The molecule has 0 saturated carbocycles. The molecule has 0 aliphatic heterocycles. The number of aryl methyl sites for hydroxylation is 1. The van der Waals surface area contributed by atoms with E-state index in [0.29, 0.717) is 17.8 Å². The second-order valence-electron chi connectivity index (χ2n) is 15.7. The van der Waals surface area contributed by atoms with E-state index in [1.54, 1.807) is 0 Å². The van der Waals surface area contributed by atoms with Crippen molar-refractivity contribution < 1.29 is 0 Å². The number of benzene rings is 5. The van der Waals surface area contributed by atoms with Crippen molar-refractivity contribution in [2.24, 2.45) is 5.92 Å². The molecule has 0 bridgehead atoms. The Morgan fingerprint density at radius 3 is 2.36 bits per heavy atom. The maximum absolute atomic E-state index is 4.02. The summed E-state index contributed by atoms with van der Waals surface area (Å²) in [5.41, 5.74) is 16.2. The first-order valence-electron chi connectivity index (χ1n) is 19.5. The summed E-state index contributed by atoms with van der Waals surface area (Å²) in [5.74, 6) is 1.21. The van der Waals surface area contributed by atoms with Gasteiger partial charge in [0.15, 0.2) is 0 Å². The molecular formula is C50H43N3. The molecule has 0 saturated heterocycles. The summed E-state index contributed by atoms with van der Waals surface area (Å²) >= 11 is 0. The Morgan fingerprint density at radius 1 is 0.717 bits per heavy atom. The summed E-state index contributed by atoms with van der Waals surface area (Å²) in [6.45, 7) is 5.60. The van der Waals surface area contributed by atoms with Gasteiger partial charge in [0.05, 0.1) is 28.2 Å². The van der Waals surface area contributed by atoms with Crippen LogP contribution in [0.3, 0.4) is 0 Å². The number of nitrogens with one attached hydrogen (secondary N) is 1. The molecule has 0 fully saturated rings. The van der Waals surface area contributed by atoms with Crippen molar-refractivity contribution in [2.45, 2.75) is 51.1 Å². The molecule has 2 heterocycles. The smallest absolute Gasteiger partial charge is 0.0818 e. The van der Waals surface area contributed by atoms with Gasteiger partial charge < -0.3 is 9.13 Å². The first-order valence-corrected chi connectivity index (χ1v) is 19.5. The molecule has 258 valence electrons. The molecule has 11 rings (SSSR count). The average Bonchev–Trinajstić information content (AvgIpc) is 3.61. The van der Waals surface area contributed by atoms with Crippen molar-refractivity contribution in [1.29, 1.82) is 0 Å². The standard InChI is InChI=1S/C50H43N3/c1-31(36-22-19-33-11-4-3-5-12-37(33)27-36)30-51-32(2)52-45-17-8-6-15-41(45)43-25-26-44-42-16-7-9-18-46(42)53(50(44)49(43)52)40-28-38-23-20-34-13-10-14-35-21-24-39(29-40)48(38)47(34)35/h3-4,6-10,13-29,31-32,34,47,51H,5,11-12,30H2,1-2H3. The van der Waals surface area contributed by atoms with E-state index in [9.17, 15) is 0 Å². The van der Waals surface area contributed by atoms with Crippen LogP contribution in [0.1, 0.15) is 71.7 Å². The van der Waals surface area contributed by atoms with E-state index in [1.165, 1.54) is 88.3 Å². The molecule has 0 amide bonds. The van der Waals surface area contributed by atoms with Crippen LogP contribution in [-0.4, -0.2) is 15.7 Å². The maximum atomic E-state index is 4.02. The number of allylic oxidation sites excluding steroid dienone is 8. The van der Waals surface area contributed by atoms with Crippen molar-refractivity contribution in [2.75, 3.05) is 6.54 Å². The van der Waals surface area contributed by atoms with Crippen LogP contribution in [0.25, 0.3) is 61.5 Å². The predicted molar refractivity (Wildman–Crippen MR) is 224 cm³/mol. The topological polar surface area (TPSA) is 21.9 Å². The molecular weight excluding hydrogens is 643 g/mol. The molecule has 4 aliphatic carbocycles. The van der Waals surface area contributed by atoms with Crippen LogP contribution < -0.4 is 5.32 Å². The number of rotatable bonds is 6. The van der Waals surface area contributed by atoms with Gasteiger partial charge in [-0.1, -0.05) is 128 Å². The number of nitrogens with zero attached hydrogens (tertiary/aromatic N) is 2. The molecule has 7 aromatic rings. The highest BCUT2D eigenvalue weighted by Crippen LogP contribution is 2.49. The summed E-state index contributed by atoms with van der Waals surface area (Å²) in [6.07, 6.45) is 24.4. The zero-order valence-electron chi connectivity index (χ0n) is 30.4. The fourth-order valence-corrected chi connectivity index (χ4v) is 9.98. The van der Waals surface area contributed by atoms with E-state index in [-0.39, 0.29) is 6.17 Å². The summed E-state index contributed by atoms with van der Waals surface area (Å²) in [7, 11) is 0. The van der Waals surface area contributed by atoms with Gasteiger partial charge in [-0.25, -0.2) is 0 Å². The van der Waals surface area contributed by atoms with Gasteiger partial charge in [0.25, 0.3) is 0 Å². The maximum Gasteiger partial charge on any atom is 0.0818 e. The summed E-state index contributed by atoms with van der Waals surface area (Å²) in [4.78, 5) is 0. The molecule has 0 radical (unpaired) electrons. The minimum atomic E-state index is 0.0685. The van der Waals surface area contributed by atoms with E-state index >= 15 is 0 Å². The minimum absolute atomic E-state index is 0.0685. The predicted octanol–water partition coefficient (Wildman–Crippen LogP) is 12.1. The zero-order valence-corrected chi connectivity index (χ0v) is 30.4. The number of hydrogen-bond acceptors (Lipinski definition) is 1. The SMILES string of the molecule is CC(CNC(C)n1c2ccccc2c2ccc3c4ccccc4n(-c4cc5c6c(c4)C=CC4C=CC=C(C=C5)C64)c3c21)c1ccc2c(c1)CCC=CC2. The Kier molecular flexibility index (Phi) is 6.97. The van der Waals surface area contributed by atoms with Crippen LogP contribution in [0.4, 0.5) is 0 Å². The van der Waals surface area contributed by atoms with Gasteiger partial charge in [0.1, 0.15) is 0 Å². The molecule has 1 N–H and O–H groups in total. The lowest BCUT2D eigenvalue weighted by Gasteiger charge is -2.35. The Morgan fingerprint density at radius 2 is 1.49 bits per heavy atom. The Labute approximate surface area is 310 Å². The quantitative estimate of drug-likeness (QED) is 0.173. The Bertz CT molecular complexity index is 2810. The van der Waals surface area contributed by atoms with Crippen molar-refractivity contribution in [3.63, 3.8) is 0 Å². The van der Waals surface area contributed by atoms with Crippen LogP contribution in [0.5, 0.6) is 0 Å². The molecule has 3 heteroatoms. The first kappa shape index (κ1) is 30.9. The lowest BCUT2D eigenvalue weighted by molar-refractivity contribution is 0.443. The highest BCUT2D eigenvalue weighted by atomic mass is 15.2. The second-order valence-corrected chi connectivity index (χ2v) is 15.7. The summed E-state index contributed by atoms with van der Waals surface area (Å²) < 4.78 is 5.13. The molecule has 4 atom stereocenters. The molecule has 53 heavy (non-hydrogen) atoms. The van der Waals surface area contributed by atoms with Crippen LogP contribution in [0, 0.1) is 5.92 Å². The van der Waals surface area contributed by atoms with Gasteiger partial charge in [0, 0.05) is 45.6 Å². The van der Waals surface area contributed by atoms with E-state index in [0.717, 1.165) is 25.8 Å². The third-order valence-electron chi connectivity index (χ3n) is 12.6. The van der Waals surface area contributed by atoms with Gasteiger partial charge in [-0.3, -0.25) is 5.32 Å². The van der Waals surface area contributed by atoms with Gasteiger partial charge in [-0.05, 0) is 95.3 Å². The minimum Gasteiger partial charge on any atom is -0.323 e. The van der Waals surface area contributed by atoms with Crippen molar-refractivity contribution in [3.8, 4) is 5.69 Å². The molecule has 4 unspecified atom stereocenters. The number of hydrogen-bond donors (Lipinski definition) is 1. The number of fused-ring (bicyclic) bond motifs is 8. The lowest BCUT2D eigenvalue weighted by Crippen LogP contribution is -2.28. The van der Waals surface area contributed by atoms with Crippen LogP contribution in [0.15, 0.2) is 139 Å². The van der Waals surface area contributed by atoms with Gasteiger partial charge in [-0.15, -0.1) is 0 Å². The average molecular weight is 686 g/mol. The third-order valence-corrected chi connectivity index (χ3v) is 12.6. The normalized spacial score (nSPS) is 19.5. The molecule has 5 aromatic carbocycles. The van der Waals surface area contributed by atoms with Crippen LogP contribution in [0.2, 0.25) is 0 Å². The van der Waals surface area contributed by atoms with E-state index < -0.39 is 0 Å². The third kappa shape index (κ3) is 4.70. The number of aromatic nitrogens is 2. The van der Waals surface area contributed by atoms with Crippen molar-refractivity contribution in [1.82, 2.24) is 14.5 Å². The highest BCUT2D eigenvalue weighted by molar-refractivity contribution is 6.23. The second kappa shape index (κ2) is 11.9. The molecule has 2 aromatic heterocycles. The fraction of sp³-hybridized carbons (Fsp3) is 0.200. The van der Waals surface area contributed by atoms with Crippen molar-refractivity contribution >= 4 is 55.8 Å². The van der Waals surface area contributed by atoms with Gasteiger partial charge >= 0.3 is 0 Å².